The van der Waals surface area contributed by atoms with E-state index in [2.05, 4.69) is 15.4 Å². The van der Waals surface area contributed by atoms with Crippen molar-refractivity contribution in [3.8, 4) is 16.9 Å². The summed E-state index contributed by atoms with van der Waals surface area (Å²) in [6.45, 7) is 1.87. The maximum absolute atomic E-state index is 13.3. The van der Waals surface area contributed by atoms with Crippen LogP contribution in [-0.4, -0.2) is 20.7 Å². The van der Waals surface area contributed by atoms with Gasteiger partial charge in [0.25, 0.3) is 0 Å². The zero-order valence-corrected chi connectivity index (χ0v) is 16.4. The summed E-state index contributed by atoms with van der Waals surface area (Å²) in [5.41, 5.74) is 3.90. The minimum absolute atomic E-state index is 0.281. The van der Waals surface area contributed by atoms with E-state index in [1.807, 2.05) is 48.8 Å². The summed E-state index contributed by atoms with van der Waals surface area (Å²) >= 11 is 1.37. The van der Waals surface area contributed by atoms with Crippen LogP contribution in [-0.2, 0) is 4.79 Å². The third-order valence-electron chi connectivity index (χ3n) is 4.14. The molecule has 2 aromatic heterocycles. The number of benzene rings is 2. The number of carbonyl (C=O) groups is 1. The predicted molar refractivity (Wildman–Crippen MR) is 113 cm³/mol. The fraction of sp³-hybridized carbons (Fsp3) is 0.0455. The first kappa shape index (κ1) is 18.8. The Morgan fingerprint density at radius 2 is 1.90 bits per heavy atom. The van der Waals surface area contributed by atoms with Gasteiger partial charge in [0.1, 0.15) is 5.82 Å². The SMILES string of the molecule is Cc1csc(NC(=O)/C=C/c2cn(-c3ccccc3)nc2-c2ccc(F)cc2)n1. The number of hydrogen-bond donors (Lipinski definition) is 1. The number of amides is 1. The van der Waals surface area contributed by atoms with Crippen molar-refractivity contribution in [2.45, 2.75) is 6.92 Å². The van der Waals surface area contributed by atoms with Gasteiger partial charge in [0.15, 0.2) is 5.13 Å². The van der Waals surface area contributed by atoms with E-state index in [0.717, 1.165) is 22.5 Å². The van der Waals surface area contributed by atoms with Crippen molar-refractivity contribution in [1.29, 1.82) is 0 Å². The number of halogens is 1. The first-order chi connectivity index (χ1) is 14.1. The van der Waals surface area contributed by atoms with Crippen molar-refractivity contribution in [3.05, 3.63) is 89.3 Å². The Morgan fingerprint density at radius 1 is 1.14 bits per heavy atom. The Kier molecular flexibility index (Phi) is 5.31. The highest BCUT2D eigenvalue weighted by Crippen LogP contribution is 2.25. The van der Waals surface area contributed by atoms with Gasteiger partial charge < -0.3 is 0 Å². The van der Waals surface area contributed by atoms with Crippen LogP contribution in [0.25, 0.3) is 23.0 Å². The van der Waals surface area contributed by atoms with Crippen LogP contribution >= 0.6 is 11.3 Å². The molecule has 1 N–H and O–H groups in total. The molecule has 4 rings (SSSR count). The Bertz CT molecular complexity index is 1160. The molecule has 0 aliphatic heterocycles. The standard InChI is InChI=1S/C22H17FN4OS/c1-15-14-29-22(24-15)25-20(28)12-9-17-13-27(19-5-3-2-4-6-19)26-21(17)16-7-10-18(23)11-8-16/h2-14H,1H3,(H,24,25,28)/b12-9+. The lowest BCUT2D eigenvalue weighted by Gasteiger charge is -2.00. The molecule has 0 bridgehead atoms. The van der Waals surface area contributed by atoms with E-state index in [9.17, 15) is 9.18 Å². The highest BCUT2D eigenvalue weighted by molar-refractivity contribution is 7.13. The molecule has 29 heavy (non-hydrogen) atoms. The molecule has 0 saturated carbocycles. The van der Waals surface area contributed by atoms with Crippen molar-refractivity contribution in [2.24, 2.45) is 0 Å². The van der Waals surface area contributed by atoms with Crippen LogP contribution in [0, 0.1) is 12.7 Å². The van der Waals surface area contributed by atoms with Gasteiger partial charge in [-0.05, 0) is 49.4 Å². The molecule has 5 nitrogen and oxygen atoms in total. The molecule has 2 aromatic carbocycles. The summed E-state index contributed by atoms with van der Waals surface area (Å²) in [5.74, 6) is -0.594. The average Bonchev–Trinajstić information content (AvgIpc) is 3.34. The largest absolute Gasteiger partial charge is 0.298 e. The lowest BCUT2D eigenvalue weighted by atomic mass is 10.1. The number of aryl methyl sites for hydroxylation is 1. The fourth-order valence-electron chi connectivity index (χ4n) is 2.78. The van der Waals surface area contributed by atoms with Crippen molar-refractivity contribution < 1.29 is 9.18 Å². The van der Waals surface area contributed by atoms with Crippen molar-refractivity contribution >= 4 is 28.5 Å². The van der Waals surface area contributed by atoms with Gasteiger partial charge in [0, 0.05) is 28.8 Å². The van der Waals surface area contributed by atoms with Gasteiger partial charge in [-0.15, -0.1) is 11.3 Å². The van der Waals surface area contributed by atoms with Gasteiger partial charge in [0.05, 0.1) is 17.1 Å². The van der Waals surface area contributed by atoms with Crippen molar-refractivity contribution in [2.75, 3.05) is 5.32 Å². The summed E-state index contributed by atoms with van der Waals surface area (Å²) in [4.78, 5) is 16.5. The van der Waals surface area contributed by atoms with E-state index >= 15 is 0 Å². The zero-order chi connectivity index (χ0) is 20.2. The summed E-state index contributed by atoms with van der Waals surface area (Å²) in [6.07, 6.45) is 4.97. The Balaban J connectivity index is 1.66. The van der Waals surface area contributed by atoms with Crippen LogP contribution < -0.4 is 5.32 Å². The minimum Gasteiger partial charge on any atom is -0.298 e. The smallest absolute Gasteiger partial charge is 0.250 e. The number of nitrogens with one attached hydrogen (secondary N) is 1. The summed E-state index contributed by atoms with van der Waals surface area (Å²) in [5, 5.41) is 9.81. The maximum Gasteiger partial charge on any atom is 0.250 e. The van der Waals surface area contributed by atoms with Gasteiger partial charge in [-0.1, -0.05) is 18.2 Å². The highest BCUT2D eigenvalue weighted by Gasteiger charge is 2.11. The number of thiazole rings is 1. The molecule has 0 aliphatic carbocycles. The molecule has 1 amide bonds. The van der Waals surface area contributed by atoms with Gasteiger partial charge in [0.2, 0.25) is 5.91 Å². The monoisotopic (exact) mass is 404 g/mol. The minimum atomic E-state index is -0.313. The third kappa shape index (κ3) is 4.47. The zero-order valence-electron chi connectivity index (χ0n) is 15.5. The maximum atomic E-state index is 13.3. The molecule has 7 heteroatoms. The first-order valence-electron chi connectivity index (χ1n) is 8.91. The Labute approximate surface area is 171 Å². The predicted octanol–water partition coefficient (Wildman–Crippen LogP) is 5.10. The van der Waals surface area contributed by atoms with Gasteiger partial charge >= 0.3 is 0 Å². The summed E-state index contributed by atoms with van der Waals surface area (Å²) in [6, 6.07) is 15.8. The molecule has 0 spiro atoms. The fourth-order valence-corrected chi connectivity index (χ4v) is 3.47. The van der Waals surface area contributed by atoms with Crippen LogP contribution in [0.1, 0.15) is 11.3 Å². The molecular formula is C22H17FN4OS. The van der Waals surface area contributed by atoms with E-state index in [-0.39, 0.29) is 11.7 Å². The van der Waals surface area contributed by atoms with Crippen LogP contribution in [0.2, 0.25) is 0 Å². The van der Waals surface area contributed by atoms with E-state index in [4.69, 9.17) is 0 Å². The molecular weight excluding hydrogens is 387 g/mol. The number of aromatic nitrogens is 3. The molecule has 0 radical (unpaired) electrons. The highest BCUT2D eigenvalue weighted by atomic mass is 32.1. The van der Waals surface area contributed by atoms with Gasteiger partial charge in [-0.25, -0.2) is 14.1 Å². The number of para-hydroxylation sites is 1. The topological polar surface area (TPSA) is 59.8 Å². The number of anilines is 1. The van der Waals surface area contributed by atoms with E-state index in [0.29, 0.717) is 10.8 Å². The second kappa shape index (κ2) is 8.20. The Hall–Kier alpha value is -3.58. The molecule has 4 aromatic rings. The molecule has 144 valence electrons. The molecule has 0 atom stereocenters. The van der Waals surface area contributed by atoms with Crippen LogP contribution in [0.3, 0.4) is 0 Å². The second-order valence-electron chi connectivity index (χ2n) is 6.34. The number of nitrogens with zero attached hydrogens (tertiary/aromatic N) is 3. The van der Waals surface area contributed by atoms with Crippen LogP contribution in [0.15, 0.2) is 72.3 Å². The lowest BCUT2D eigenvalue weighted by molar-refractivity contribution is -0.111. The summed E-state index contributed by atoms with van der Waals surface area (Å²) < 4.78 is 15.1. The molecule has 0 unspecified atom stereocenters. The second-order valence-corrected chi connectivity index (χ2v) is 7.19. The number of rotatable bonds is 5. The lowest BCUT2D eigenvalue weighted by Crippen LogP contribution is -2.07. The van der Waals surface area contributed by atoms with Gasteiger partial charge in [-0.3, -0.25) is 10.1 Å². The molecule has 2 heterocycles. The molecule has 0 fully saturated rings. The number of hydrogen-bond acceptors (Lipinski definition) is 4. The van der Waals surface area contributed by atoms with Gasteiger partial charge in [-0.2, -0.15) is 5.10 Å². The van der Waals surface area contributed by atoms with E-state index in [1.54, 1.807) is 22.9 Å². The normalized spacial score (nSPS) is 11.1. The van der Waals surface area contributed by atoms with Crippen LogP contribution in [0.4, 0.5) is 9.52 Å². The average molecular weight is 404 g/mol. The number of carbonyl (C=O) groups excluding carboxylic acids is 1. The van der Waals surface area contributed by atoms with E-state index in [1.165, 1.54) is 29.5 Å². The van der Waals surface area contributed by atoms with Crippen molar-refractivity contribution in [3.63, 3.8) is 0 Å². The molecule has 0 saturated heterocycles. The third-order valence-corrected chi connectivity index (χ3v) is 5.02. The molecule has 0 aliphatic rings. The quantitative estimate of drug-likeness (QED) is 0.471. The summed E-state index contributed by atoms with van der Waals surface area (Å²) in [7, 11) is 0. The Morgan fingerprint density at radius 3 is 2.59 bits per heavy atom. The van der Waals surface area contributed by atoms with E-state index < -0.39 is 0 Å². The first-order valence-corrected chi connectivity index (χ1v) is 9.79. The van der Waals surface area contributed by atoms with Crippen LogP contribution in [0.5, 0.6) is 0 Å². The van der Waals surface area contributed by atoms with Crippen molar-refractivity contribution in [1.82, 2.24) is 14.8 Å².